The lowest BCUT2D eigenvalue weighted by Gasteiger charge is -2.30. The van der Waals surface area contributed by atoms with Gasteiger partial charge in [-0.3, -0.25) is 4.79 Å². The van der Waals surface area contributed by atoms with Crippen molar-refractivity contribution < 1.29 is 9.53 Å². The maximum atomic E-state index is 11.3. The number of ether oxygens (including phenoxy) is 1. The largest absolute Gasteiger partial charge is 0.397 e. The van der Waals surface area contributed by atoms with Crippen LogP contribution < -0.4 is 16.1 Å². The van der Waals surface area contributed by atoms with Gasteiger partial charge in [-0.2, -0.15) is 5.10 Å². The van der Waals surface area contributed by atoms with Crippen LogP contribution in [-0.4, -0.2) is 37.9 Å². The molecular formula is C15H20N4O2. The van der Waals surface area contributed by atoms with Crippen LogP contribution in [-0.2, 0) is 9.53 Å². The van der Waals surface area contributed by atoms with E-state index in [9.17, 15) is 4.79 Å². The molecule has 3 rings (SSSR count). The van der Waals surface area contributed by atoms with Crippen LogP contribution in [0.2, 0.25) is 0 Å². The number of nitrogens with two attached hydrogens (primary N) is 1. The molecule has 1 amide bonds. The van der Waals surface area contributed by atoms with Gasteiger partial charge in [-0.15, -0.1) is 0 Å². The van der Waals surface area contributed by atoms with Gasteiger partial charge in [0.05, 0.1) is 30.3 Å². The maximum Gasteiger partial charge on any atom is 0.240 e. The Bertz CT molecular complexity index is 579. The Labute approximate surface area is 123 Å². The number of hydrogen-bond acceptors (Lipinski definition) is 5. The molecule has 6 heteroatoms. The van der Waals surface area contributed by atoms with Crippen molar-refractivity contribution in [1.29, 1.82) is 0 Å². The fourth-order valence-corrected chi connectivity index (χ4v) is 2.81. The minimum atomic E-state index is -0.0378. The number of carbonyl (C=O) groups is 1. The molecule has 0 bridgehead atoms. The van der Waals surface area contributed by atoms with Gasteiger partial charge in [0.15, 0.2) is 0 Å². The lowest BCUT2D eigenvalue weighted by Crippen LogP contribution is -2.36. The van der Waals surface area contributed by atoms with E-state index in [0.29, 0.717) is 6.42 Å². The lowest BCUT2D eigenvalue weighted by atomic mass is 9.93. The van der Waals surface area contributed by atoms with E-state index >= 15 is 0 Å². The third-order valence-corrected chi connectivity index (χ3v) is 3.93. The highest BCUT2D eigenvalue weighted by molar-refractivity contribution is 6.06. The molecule has 1 unspecified atom stereocenters. The summed E-state index contributed by atoms with van der Waals surface area (Å²) in [7, 11) is 0. The molecule has 112 valence electrons. The van der Waals surface area contributed by atoms with Gasteiger partial charge in [0.2, 0.25) is 5.91 Å². The van der Waals surface area contributed by atoms with Gasteiger partial charge in [-0.05, 0) is 12.1 Å². The van der Waals surface area contributed by atoms with Crippen molar-refractivity contribution in [3.63, 3.8) is 0 Å². The molecule has 2 aliphatic rings. The van der Waals surface area contributed by atoms with Gasteiger partial charge in [-0.1, -0.05) is 13.0 Å². The van der Waals surface area contributed by atoms with Gasteiger partial charge in [0, 0.05) is 31.0 Å². The average Bonchev–Trinajstić information content (AvgIpc) is 2.48. The van der Waals surface area contributed by atoms with Crippen molar-refractivity contribution in [1.82, 2.24) is 5.43 Å². The normalized spacial score (nSPS) is 22.7. The number of rotatable bonds is 2. The number of amides is 1. The van der Waals surface area contributed by atoms with Crippen LogP contribution in [0, 0.1) is 5.92 Å². The number of morpholine rings is 1. The minimum Gasteiger partial charge on any atom is -0.397 e. The number of hydrogen-bond donors (Lipinski definition) is 2. The first-order valence-electron chi connectivity index (χ1n) is 7.24. The maximum absolute atomic E-state index is 11.3. The molecule has 0 spiro atoms. The third kappa shape index (κ3) is 2.85. The summed E-state index contributed by atoms with van der Waals surface area (Å²) >= 11 is 0. The first kappa shape index (κ1) is 13.9. The monoisotopic (exact) mass is 288 g/mol. The van der Waals surface area contributed by atoms with E-state index in [1.54, 1.807) is 0 Å². The zero-order valence-electron chi connectivity index (χ0n) is 12.1. The quantitative estimate of drug-likeness (QED) is 0.795. The van der Waals surface area contributed by atoms with Gasteiger partial charge >= 0.3 is 0 Å². The molecule has 1 atom stereocenters. The van der Waals surface area contributed by atoms with Crippen molar-refractivity contribution in [2.75, 3.05) is 36.9 Å². The summed E-state index contributed by atoms with van der Waals surface area (Å²) in [5.74, 6) is 0.0662. The van der Waals surface area contributed by atoms with Crippen LogP contribution in [0.25, 0.3) is 0 Å². The Kier molecular flexibility index (Phi) is 3.79. The highest BCUT2D eigenvalue weighted by atomic mass is 16.5. The number of nitrogens with zero attached hydrogens (tertiary/aromatic N) is 2. The summed E-state index contributed by atoms with van der Waals surface area (Å²) in [6, 6.07) is 5.99. The molecule has 6 nitrogen and oxygen atoms in total. The molecule has 0 saturated carbocycles. The Morgan fingerprint density at radius 3 is 2.81 bits per heavy atom. The van der Waals surface area contributed by atoms with Crippen LogP contribution in [0.5, 0.6) is 0 Å². The standard InChI is InChI=1S/C15H20N4O2/c1-10-8-14(20)17-18-15(10)11-2-3-13(12(16)9-11)19-4-6-21-7-5-19/h2-3,9-10H,4-8,16H2,1H3,(H,17,20). The molecule has 1 aromatic carbocycles. The SMILES string of the molecule is CC1CC(=O)NN=C1c1ccc(N2CCOCC2)c(N)c1. The summed E-state index contributed by atoms with van der Waals surface area (Å²) in [6.45, 7) is 5.19. The van der Waals surface area contributed by atoms with Crippen LogP contribution in [0.1, 0.15) is 18.9 Å². The predicted octanol–water partition coefficient (Wildman–Crippen LogP) is 0.965. The molecule has 0 aromatic heterocycles. The van der Waals surface area contributed by atoms with E-state index in [0.717, 1.165) is 49.0 Å². The zero-order chi connectivity index (χ0) is 14.8. The second kappa shape index (κ2) is 5.73. The fourth-order valence-electron chi connectivity index (χ4n) is 2.81. The van der Waals surface area contributed by atoms with Crippen molar-refractivity contribution in [3.05, 3.63) is 23.8 Å². The first-order chi connectivity index (χ1) is 10.1. The molecule has 0 aliphatic carbocycles. The highest BCUT2D eigenvalue weighted by Gasteiger charge is 2.22. The highest BCUT2D eigenvalue weighted by Crippen LogP contribution is 2.27. The first-order valence-corrected chi connectivity index (χ1v) is 7.24. The third-order valence-electron chi connectivity index (χ3n) is 3.93. The van der Waals surface area contributed by atoms with Crippen LogP contribution in [0.15, 0.2) is 23.3 Å². The summed E-state index contributed by atoms with van der Waals surface area (Å²) in [6.07, 6.45) is 0.462. The number of carbonyl (C=O) groups excluding carboxylic acids is 1. The van der Waals surface area contributed by atoms with Crippen molar-refractivity contribution in [2.45, 2.75) is 13.3 Å². The Hall–Kier alpha value is -2.08. The van der Waals surface area contributed by atoms with E-state index < -0.39 is 0 Å². The van der Waals surface area contributed by atoms with E-state index in [4.69, 9.17) is 10.5 Å². The Morgan fingerprint density at radius 1 is 1.38 bits per heavy atom. The van der Waals surface area contributed by atoms with Gasteiger partial charge in [-0.25, -0.2) is 5.43 Å². The van der Waals surface area contributed by atoms with Gasteiger partial charge < -0.3 is 15.4 Å². The Morgan fingerprint density at radius 2 is 2.14 bits per heavy atom. The van der Waals surface area contributed by atoms with Gasteiger partial charge in [0.25, 0.3) is 0 Å². The molecule has 2 aliphatic heterocycles. The molecule has 1 fully saturated rings. The number of benzene rings is 1. The number of nitrogen functional groups attached to an aromatic ring is 1. The van der Waals surface area contributed by atoms with Crippen LogP contribution in [0.4, 0.5) is 11.4 Å². The Balaban J connectivity index is 1.85. The molecule has 2 heterocycles. The summed E-state index contributed by atoms with van der Waals surface area (Å²) < 4.78 is 5.36. The summed E-state index contributed by atoms with van der Waals surface area (Å²) in [5, 5.41) is 4.17. The summed E-state index contributed by atoms with van der Waals surface area (Å²) in [4.78, 5) is 13.5. The van der Waals surface area contributed by atoms with Crippen molar-refractivity contribution >= 4 is 23.0 Å². The smallest absolute Gasteiger partial charge is 0.240 e. The molecule has 3 N–H and O–H groups in total. The summed E-state index contributed by atoms with van der Waals surface area (Å²) in [5.41, 5.74) is 12.4. The van der Waals surface area contributed by atoms with Crippen LogP contribution in [0.3, 0.4) is 0 Å². The van der Waals surface area contributed by atoms with E-state index in [1.807, 2.05) is 25.1 Å². The van der Waals surface area contributed by atoms with Gasteiger partial charge in [0.1, 0.15) is 0 Å². The van der Waals surface area contributed by atoms with Crippen molar-refractivity contribution in [3.8, 4) is 0 Å². The van der Waals surface area contributed by atoms with E-state index in [2.05, 4.69) is 15.4 Å². The van der Waals surface area contributed by atoms with Crippen molar-refractivity contribution in [2.24, 2.45) is 11.0 Å². The number of anilines is 2. The van der Waals surface area contributed by atoms with E-state index in [1.165, 1.54) is 0 Å². The topological polar surface area (TPSA) is 80.0 Å². The van der Waals surface area contributed by atoms with E-state index in [-0.39, 0.29) is 11.8 Å². The molecule has 1 saturated heterocycles. The fraction of sp³-hybridized carbons (Fsp3) is 0.467. The molecular weight excluding hydrogens is 268 g/mol. The predicted molar refractivity (Wildman–Crippen MR) is 82.3 cm³/mol. The van der Waals surface area contributed by atoms with Crippen LogP contribution >= 0.6 is 0 Å². The zero-order valence-corrected chi connectivity index (χ0v) is 12.1. The molecule has 21 heavy (non-hydrogen) atoms. The minimum absolute atomic E-state index is 0.0378. The number of hydrazone groups is 1. The second-order valence-corrected chi connectivity index (χ2v) is 5.51. The molecule has 0 radical (unpaired) electrons. The molecule has 1 aromatic rings. The average molecular weight is 288 g/mol. The number of nitrogens with one attached hydrogen (secondary N) is 1. The second-order valence-electron chi connectivity index (χ2n) is 5.51. The lowest BCUT2D eigenvalue weighted by molar-refractivity contribution is -0.121.